The largest absolute Gasteiger partial charge is 0.368 e. The molecule has 1 heterocycles. The lowest BCUT2D eigenvalue weighted by Gasteiger charge is -2.37. The fourth-order valence-electron chi connectivity index (χ4n) is 3.82. The molecule has 0 bridgehead atoms. The second-order valence-electron chi connectivity index (χ2n) is 7.68. The normalized spacial score (nSPS) is 14.4. The van der Waals surface area contributed by atoms with Gasteiger partial charge in [-0.3, -0.25) is 4.79 Å². The van der Waals surface area contributed by atoms with Crippen molar-refractivity contribution >= 4 is 11.6 Å². The van der Waals surface area contributed by atoms with Gasteiger partial charge in [-0.15, -0.1) is 0 Å². The van der Waals surface area contributed by atoms with Crippen molar-refractivity contribution in [3.63, 3.8) is 0 Å². The number of nitrogens with one attached hydrogen (secondary N) is 1. The summed E-state index contributed by atoms with van der Waals surface area (Å²) in [6.07, 6.45) is 2.78. The third kappa shape index (κ3) is 5.59. The average Bonchev–Trinajstić information content (AvgIpc) is 2.73. The van der Waals surface area contributed by atoms with Crippen LogP contribution in [0.1, 0.15) is 29.5 Å². The SMILES string of the molecule is Cc1cccc(N2CCN(C(=O)CCNCCCc3ccccc3)CC2)c1C. The Labute approximate surface area is 169 Å². The van der Waals surface area contributed by atoms with E-state index in [4.69, 9.17) is 0 Å². The maximum atomic E-state index is 12.5. The molecule has 4 heteroatoms. The minimum atomic E-state index is 0.274. The highest BCUT2D eigenvalue weighted by Crippen LogP contribution is 2.23. The van der Waals surface area contributed by atoms with Crippen molar-refractivity contribution < 1.29 is 4.79 Å². The molecule has 0 radical (unpaired) electrons. The van der Waals surface area contributed by atoms with Crippen LogP contribution in [0, 0.1) is 13.8 Å². The van der Waals surface area contributed by atoms with Gasteiger partial charge in [-0.25, -0.2) is 0 Å². The molecule has 0 unspecified atom stereocenters. The molecule has 1 saturated heterocycles. The quantitative estimate of drug-likeness (QED) is 0.713. The van der Waals surface area contributed by atoms with E-state index in [1.807, 2.05) is 4.90 Å². The topological polar surface area (TPSA) is 35.6 Å². The molecule has 1 N–H and O–H groups in total. The fraction of sp³-hybridized carbons (Fsp3) is 0.458. The predicted molar refractivity (Wildman–Crippen MR) is 117 cm³/mol. The van der Waals surface area contributed by atoms with E-state index in [1.165, 1.54) is 22.4 Å². The number of anilines is 1. The van der Waals surface area contributed by atoms with Gasteiger partial charge < -0.3 is 15.1 Å². The Morgan fingerprint density at radius 2 is 1.68 bits per heavy atom. The summed E-state index contributed by atoms with van der Waals surface area (Å²) < 4.78 is 0. The van der Waals surface area contributed by atoms with Gasteiger partial charge in [0.25, 0.3) is 0 Å². The molecular weight excluding hydrogens is 346 g/mol. The molecule has 0 saturated carbocycles. The second-order valence-corrected chi connectivity index (χ2v) is 7.68. The van der Waals surface area contributed by atoms with E-state index >= 15 is 0 Å². The van der Waals surface area contributed by atoms with Crippen LogP contribution in [-0.2, 0) is 11.2 Å². The predicted octanol–water partition coefficient (Wildman–Crippen LogP) is 3.56. The standard InChI is InChI=1S/C24H33N3O/c1-20-8-6-12-23(21(20)2)26-16-18-27(19-17-26)24(28)13-15-25-14-7-11-22-9-4-3-5-10-22/h3-6,8-10,12,25H,7,11,13-19H2,1-2H3. The lowest BCUT2D eigenvalue weighted by Crippen LogP contribution is -2.49. The Morgan fingerprint density at radius 1 is 0.929 bits per heavy atom. The summed E-state index contributed by atoms with van der Waals surface area (Å²) in [6.45, 7) is 9.55. The number of amides is 1. The van der Waals surface area contributed by atoms with Gasteiger partial charge in [0, 0.05) is 44.8 Å². The van der Waals surface area contributed by atoms with Crippen molar-refractivity contribution in [1.82, 2.24) is 10.2 Å². The van der Waals surface area contributed by atoms with E-state index in [0.29, 0.717) is 6.42 Å². The Hall–Kier alpha value is -2.33. The van der Waals surface area contributed by atoms with Crippen molar-refractivity contribution in [3.05, 3.63) is 65.2 Å². The van der Waals surface area contributed by atoms with Gasteiger partial charge in [-0.1, -0.05) is 42.5 Å². The van der Waals surface area contributed by atoms with Gasteiger partial charge in [0.1, 0.15) is 0 Å². The number of carbonyl (C=O) groups is 1. The number of rotatable bonds is 8. The number of nitrogens with zero attached hydrogens (tertiary/aromatic N) is 2. The lowest BCUT2D eigenvalue weighted by atomic mass is 10.1. The summed E-state index contributed by atoms with van der Waals surface area (Å²) in [6, 6.07) is 17.0. The number of carbonyl (C=O) groups excluding carboxylic acids is 1. The summed E-state index contributed by atoms with van der Waals surface area (Å²) >= 11 is 0. The number of aryl methyl sites for hydroxylation is 2. The van der Waals surface area contributed by atoms with Gasteiger partial charge >= 0.3 is 0 Å². The van der Waals surface area contributed by atoms with Crippen LogP contribution in [0.3, 0.4) is 0 Å². The Morgan fingerprint density at radius 3 is 2.43 bits per heavy atom. The lowest BCUT2D eigenvalue weighted by molar-refractivity contribution is -0.131. The summed E-state index contributed by atoms with van der Waals surface area (Å²) in [5, 5.41) is 3.42. The van der Waals surface area contributed by atoms with Crippen LogP contribution in [0.2, 0.25) is 0 Å². The van der Waals surface area contributed by atoms with E-state index in [0.717, 1.165) is 52.1 Å². The first-order valence-electron chi connectivity index (χ1n) is 10.5. The highest BCUT2D eigenvalue weighted by Gasteiger charge is 2.21. The Balaban J connectivity index is 1.32. The monoisotopic (exact) mass is 379 g/mol. The van der Waals surface area contributed by atoms with E-state index in [1.54, 1.807) is 0 Å². The van der Waals surface area contributed by atoms with Gasteiger partial charge in [0.2, 0.25) is 5.91 Å². The number of hydrogen-bond acceptors (Lipinski definition) is 3. The number of piperazine rings is 1. The molecule has 1 fully saturated rings. The number of benzene rings is 2. The summed E-state index contributed by atoms with van der Waals surface area (Å²) in [4.78, 5) is 16.9. The smallest absolute Gasteiger partial charge is 0.223 e. The van der Waals surface area contributed by atoms with Crippen LogP contribution in [0.5, 0.6) is 0 Å². The minimum absolute atomic E-state index is 0.274. The molecule has 0 aliphatic carbocycles. The second kappa shape index (κ2) is 10.3. The molecule has 1 aliphatic rings. The third-order valence-corrected chi connectivity index (χ3v) is 5.73. The molecule has 3 rings (SSSR count). The van der Waals surface area contributed by atoms with Crippen molar-refractivity contribution in [3.8, 4) is 0 Å². The molecule has 150 valence electrons. The maximum absolute atomic E-state index is 12.5. The first-order chi connectivity index (χ1) is 13.6. The summed E-state index contributed by atoms with van der Waals surface area (Å²) in [7, 11) is 0. The third-order valence-electron chi connectivity index (χ3n) is 5.73. The first kappa shape index (κ1) is 20.4. The molecule has 2 aromatic carbocycles. The highest BCUT2D eigenvalue weighted by molar-refractivity contribution is 5.76. The molecule has 4 nitrogen and oxygen atoms in total. The van der Waals surface area contributed by atoms with Crippen LogP contribution in [0.15, 0.2) is 48.5 Å². The molecule has 0 aromatic heterocycles. The van der Waals surface area contributed by atoms with E-state index in [-0.39, 0.29) is 5.91 Å². The molecule has 1 aliphatic heterocycles. The van der Waals surface area contributed by atoms with Crippen LogP contribution in [-0.4, -0.2) is 50.1 Å². The van der Waals surface area contributed by atoms with Crippen LogP contribution < -0.4 is 10.2 Å². The zero-order valence-electron chi connectivity index (χ0n) is 17.3. The van der Waals surface area contributed by atoms with Gasteiger partial charge in [-0.2, -0.15) is 0 Å². The van der Waals surface area contributed by atoms with Crippen LogP contribution in [0.25, 0.3) is 0 Å². The van der Waals surface area contributed by atoms with E-state index in [2.05, 4.69) is 72.6 Å². The molecule has 2 aromatic rings. The van der Waals surface area contributed by atoms with Crippen molar-refractivity contribution in [2.45, 2.75) is 33.1 Å². The van der Waals surface area contributed by atoms with Crippen molar-refractivity contribution in [2.75, 3.05) is 44.2 Å². The van der Waals surface area contributed by atoms with Crippen LogP contribution in [0.4, 0.5) is 5.69 Å². The first-order valence-corrected chi connectivity index (χ1v) is 10.5. The van der Waals surface area contributed by atoms with Gasteiger partial charge in [0.15, 0.2) is 0 Å². The molecular formula is C24H33N3O. The molecule has 28 heavy (non-hydrogen) atoms. The highest BCUT2D eigenvalue weighted by atomic mass is 16.2. The molecule has 0 spiro atoms. The van der Waals surface area contributed by atoms with Crippen molar-refractivity contribution in [1.29, 1.82) is 0 Å². The average molecular weight is 380 g/mol. The van der Waals surface area contributed by atoms with E-state index in [9.17, 15) is 4.79 Å². The number of hydrogen-bond donors (Lipinski definition) is 1. The molecule has 1 amide bonds. The summed E-state index contributed by atoms with van der Waals surface area (Å²) in [5.41, 5.74) is 5.37. The summed E-state index contributed by atoms with van der Waals surface area (Å²) in [5.74, 6) is 0.274. The fourth-order valence-corrected chi connectivity index (χ4v) is 3.82. The minimum Gasteiger partial charge on any atom is -0.368 e. The zero-order chi connectivity index (χ0) is 19.8. The van der Waals surface area contributed by atoms with Crippen LogP contribution >= 0.6 is 0 Å². The Bertz CT molecular complexity index is 752. The van der Waals surface area contributed by atoms with Gasteiger partial charge in [-0.05, 0) is 56.0 Å². The maximum Gasteiger partial charge on any atom is 0.223 e. The molecule has 0 atom stereocenters. The van der Waals surface area contributed by atoms with Gasteiger partial charge in [0.05, 0.1) is 0 Å². The van der Waals surface area contributed by atoms with Crippen molar-refractivity contribution in [2.24, 2.45) is 0 Å². The van der Waals surface area contributed by atoms with E-state index < -0.39 is 0 Å². The zero-order valence-corrected chi connectivity index (χ0v) is 17.3. The Kier molecular flexibility index (Phi) is 7.49.